The Balaban J connectivity index is 1.40. The van der Waals surface area contributed by atoms with Crippen LogP contribution in [0.2, 0.25) is 5.02 Å². The first-order chi connectivity index (χ1) is 14.5. The molecule has 2 heterocycles. The van der Waals surface area contributed by atoms with E-state index in [1.165, 1.54) is 11.5 Å². The lowest BCUT2D eigenvalue weighted by Crippen LogP contribution is -2.54. The van der Waals surface area contributed by atoms with E-state index in [1.54, 1.807) is 31.4 Å². The number of benzene rings is 2. The van der Waals surface area contributed by atoms with Crippen molar-refractivity contribution in [2.45, 2.75) is 19.4 Å². The Morgan fingerprint density at radius 1 is 1.23 bits per heavy atom. The molecule has 3 aromatic rings. The van der Waals surface area contributed by atoms with Gasteiger partial charge in [-0.2, -0.15) is 4.37 Å². The van der Waals surface area contributed by atoms with Gasteiger partial charge in [0.25, 0.3) is 5.91 Å². The van der Waals surface area contributed by atoms with Gasteiger partial charge in [-0.1, -0.05) is 23.7 Å². The van der Waals surface area contributed by atoms with Gasteiger partial charge in [-0.25, -0.2) is 4.98 Å². The minimum atomic E-state index is 0.0368. The first kappa shape index (κ1) is 20.6. The molecule has 1 atom stereocenters. The van der Waals surface area contributed by atoms with E-state index in [4.69, 9.17) is 21.3 Å². The minimum Gasteiger partial charge on any atom is -0.497 e. The summed E-state index contributed by atoms with van der Waals surface area (Å²) in [6.45, 7) is 4.18. The molecule has 30 heavy (non-hydrogen) atoms. The van der Waals surface area contributed by atoms with Crippen molar-refractivity contribution in [1.29, 1.82) is 0 Å². The molecular formula is C22H23ClN4O2S. The fourth-order valence-corrected chi connectivity index (χ4v) is 4.45. The molecule has 1 aliphatic rings. The van der Waals surface area contributed by atoms with Crippen molar-refractivity contribution in [2.24, 2.45) is 0 Å². The Hall–Kier alpha value is -2.64. The summed E-state index contributed by atoms with van der Waals surface area (Å²) < 4.78 is 9.82. The van der Waals surface area contributed by atoms with Gasteiger partial charge >= 0.3 is 0 Å². The number of nitrogens with zero attached hydrogens (tertiary/aromatic N) is 4. The second-order valence-corrected chi connectivity index (χ2v) is 8.49. The number of rotatable bonds is 5. The lowest BCUT2D eigenvalue weighted by Gasteiger charge is -2.39. The van der Waals surface area contributed by atoms with Gasteiger partial charge in [0.05, 0.1) is 7.11 Å². The largest absolute Gasteiger partial charge is 0.497 e. The van der Waals surface area contributed by atoms with Gasteiger partial charge in [-0.3, -0.25) is 4.79 Å². The van der Waals surface area contributed by atoms with Crippen molar-refractivity contribution in [1.82, 2.24) is 14.3 Å². The fourth-order valence-electron chi connectivity index (χ4n) is 3.60. The van der Waals surface area contributed by atoms with Crippen LogP contribution >= 0.6 is 23.1 Å². The number of aromatic nitrogens is 2. The summed E-state index contributed by atoms with van der Waals surface area (Å²) in [7, 11) is 1.66. The van der Waals surface area contributed by atoms with Crippen molar-refractivity contribution in [3.63, 3.8) is 0 Å². The average Bonchev–Trinajstić information content (AvgIpc) is 3.22. The summed E-state index contributed by atoms with van der Waals surface area (Å²) in [6, 6.07) is 15.1. The SMILES string of the molecule is COc1cccc(Cc2nsc(N3CCN(C(=O)c4ccc(Cl)cc4)C(C)C3)n2)c1. The molecular weight excluding hydrogens is 420 g/mol. The molecule has 0 N–H and O–H groups in total. The monoisotopic (exact) mass is 442 g/mol. The van der Waals surface area contributed by atoms with Crippen LogP contribution in [0, 0.1) is 0 Å². The Kier molecular flexibility index (Phi) is 6.20. The lowest BCUT2D eigenvalue weighted by molar-refractivity contribution is 0.0674. The highest BCUT2D eigenvalue weighted by atomic mass is 35.5. The number of hydrogen-bond donors (Lipinski definition) is 0. The molecule has 1 aliphatic heterocycles. The minimum absolute atomic E-state index is 0.0368. The van der Waals surface area contributed by atoms with Gasteiger partial charge in [-0.05, 0) is 48.9 Å². The van der Waals surface area contributed by atoms with Gasteiger partial charge in [0.2, 0.25) is 5.13 Å². The Bertz CT molecular complexity index is 1020. The summed E-state index contributed by atoms with van der Waals surface area (Å²) in [5.74, 6) is 1.67. The maximum atomic E-state index is 12.9. The number of carbonyl (C=O) groups is 1. The first-order valence-corrected chi connectivity index (χ1v) is 11.0. The summed E-state index contributed by atoms with van der Waals surface area (Å²) in [5.41, 5.74) is 1.78. The van der Waals surface area contributed by atoms with Gasteiger partial charge in [0, 0.05) is 54.2 Å². The van der Waals surface area contributed by atoms with Crippen LogP contribution in [0.1, 0.15) is 28.7 Å². The van der Waals surface area contributed by atoms with Crippen LogP contribution in [0.25, 0.3) is 0 Å². The van der Waals surface area contributed by atoms with Crippen molar-refractivity contribution < 1.29 is 9.53 Å². The zero-order valence-corrected chi connectivity index (χ0v) is 18.5. The molecule has 1 fully saturated rings. The Morgan fingerprint density at radius 3 is 2.77 bits per heavy atom. The van der Waals surface area contributed by atoms with E-state index in [-0.39, 0.29) is 11.9 Å². The topological polar surface area (TPSA) is 58.6 Å². The van der Waals surface area contributed by atoms with E-state index in [0.29, 0.717) is 23.6 Å². The summed E-state index contributed by atoms with van der Waals surface area (Å²) in [5, 5.41) is 1.53. The highest BCUT2D eigenvalue weighted by molar-refractivity contribution is 7.09. The predicted molar refractivity (Wildman–Crippen MR) is 120 cm³/mol. The molecule has 0 radical (unpaired) electrons. The molecule has 4 rings (SSSR count). The quantitative estimate of drug-likeness (QED) is 0.594. The molecule has 0 bridgehead atoms. The molecule has 0 saturated carbocycles. The third-order valence-corrected chi connectivity index (χ3v) is 6.27. The molecule has 1 saturated heterocycles. The first-order valence-electron chi connectivity index (χ1n) is 9.80. The highest BCUT2D eigenvalue weighted by Gasteiger charge is 2.29. The Morgan fingerprint density at radius 2 is 2.03 bits per heavy atom. The van der Waals surface area contributed by atoms with Crippen LogP contribution < -0.4 is 9.64 Å². The third-order valence-electron chi connectivity index (χ3n) is 5.20. The number of hydrogen-bond acceptors (Lipinski definition) is 6. The Labute approximate surface area is 185 Å². The van der Waals surface area contributed by atoms with Gasteiger partial charge in [0.15, 0.2) is 0 Å². The second-order valence-electron chi connectivity index (χ2n) is 7.32. The molecule has 0 spiro atoms. The number of halogens is 1. The maximum absolute atomic E-state index is 12.9. The van der Waals surface area contributed by atoms with E-state index < -0.39 is 0 Å². The van der Waals surface area contributed by atoms with Crippen LogP contribution in [0.15, 0.2) is 48.5 Å². The average molecular weight is 443 g/mol. The van der Waals surface area contributed by atoms with Crippen LogP contribution in [-0.2, 0) is 6.42 Å². The zero-order valence-electron chi connectivity index (χ0n) is 16.9. The van der Waals surface area contributed by atoms with Gasteiger partial charge in [0.1, 0.15) is 11.6 Å². The smallest absolute Gasteiger partial charge is 0.254 e. The standard InChI is InChI=1S/C22H23ClN4O2S/c1-15-14-26(10-11-27(15)21(28)17-6-8-18(23)9-7-17)22-24-20(25-30-22)13-16-4-3-5-19(12-16)29-2/h3-9,12,15H,10-11,13-14H2,1-2H3. The summed E-state index contributed by atoms with van der Waals surface area (Å²) in [4.78, 5) is 21.7. The van der Waals surface area contributed by atoms with Gasteiger partial charge in [-0.15, -0.1) is 0 Å². The maximum Gasteiger partial charge on any atom is 0.254 e. The van der Waals surface area contributed by atoms with E-state index in [1.807, 2.05) is 29.2 Å². The van der Waals surface area contributed by atoms with Gasteiger partial charge < -0.3 is 14.5 Å². The van der Waals surface area contributed by atoms with E-state index >= 15 is 0 Å². The highest BCUT2D eigenvalue weighted by Crippen LogP contribution is 2.24. The summed E-state index contributed by atoms with van der Waals surface area (Å²) >= 11 is 7.35. The van der Waals surface area contributed by atoms with E-state index in [2.05, 4.69) is 16.2 Å². The molecule has 0 aliphatic carbocycles. The molecule has 156 valence electrons. The van der Waals surface area contributed by atoms with Crippen LogP contribution in [0.3, 0.4) is 0 Å². The predicted octanol–water partition coefficient (Wildman–Crippen LogP) is 4.14. The number of amides is 1. The number of methoxy groups -OCH3 is 1. The normalized spacial score (nSPS) is 16.6. The van der Waals surface area contributed by atoms with Crippen LogP contribution in [0.4, 0.5) is 5.13 Å². The van der Waals surface area contributed by atoms with Crippen molar-refractivity contribution in [3.05, 3.63) is 70.5 Å². The van der Waals surface area contributed by atoms with Crippen LogP contribution in [-0.4, -0.2) is 53.0 Å². The van der Waals surface area contributed by atoms with Crippen molar-refractivity contribution in [2.75, 3.05) is 31.6 Å². The fraction of sp³-hybridized carbons (Fsp3) is 0.318. The molecule has 1 aromatic heterocycles. The molecule has 6 nitrogen and oxygen atoms in total. The second kappa shape index (κ2) is 9.02. The number of anilines is 1. The zero-order chi connectivity index (χ0) is 21.1. The van der Waals surface area contributed by atoms with E-state index in [9.17, 15) is 4.79 Å². The van der Waals surface area contributed by atoms with Crippen molar-refractivity contribution in [3.8, 4) is 5.75 Å². The molecule has 1 amide bonds. The molecule has 8 heteroatoms. The summed E-state index contributed by atoms with van der Waals surface area (Å²) in [6.07, 6.45) is 0.665. The van der Waals surface area contributed by atoms with E-state index in [0.717, 1.165) is 35.4 Å². The molecule has 1 unspecified atom stereocenters. The van der Waals surface area contributed by atoms with Crippen LogP contribution in [0.5, 0.6) is 5.75 Å². The third kappa shape index (κ3) is 4.57. The number of ether oxygens (including phenoxy) is 1. The number of piperazine rings is 1. The lowest BCUT2D eigenvalue weighted by atomic mass is 10.1. The molecule has 2 aromatic carbocycles. The number of carbonyl (C=O) groups excluding carboxylic acids is 1. The van der Waals surface area contributed by atoms with Crippen molar-refractivity contribution >= 4 is 34.2 Å².